The van der Waals surface area contributed by atoms with Crippen molar-refractivity contribution in [3.8, 4) is 16.3 Å². The van der Waals surface area contributed by atoms with Crippen LogP contribution in [-0.4, -0.2) is 43.4 Å². The highest BCUT2D eigenvalue weighted by atomic mass is 35.5. The lowest BCUT2D eigenvalue weighted by molar-refractivity contribution is -0.122. The SMILES string of the molecule is CS(=O)(=O)N1CC[C@H](C(=O)Nc2nnc(-c3ccc(Cl)cc3)s2)Oc2ccccc21. The number of benzene rings is 2. The summed E-state index contributed by atoms with van der Waals surface area (Å²) in [6.07, 6.45) is 0.445. The first kappa shape index (κ1) is 20.6. The maximum absolute atomic E-state index is 12.8. The monoisotopic (exact) mass is 464 g/mol. The number of hydrogen-bond donors (Lipinski definition) is 1. The lowest BCUT2D eigenvalue weighted by atomic mass is 10.2. The van der Waals surface area contributed by atoms with Crippen LogP contribution in [0.15, 0.2) is 48.5 Å². The van der Waals surface area contributed by atoms with Crippen LogP contribution in [0, 0.1) is 0 Å². The largest absolute Gasteiger partial charge is 0.478 e. The first-order valence-electron chi connectivity index (χ1n) is 8.95. The van der Waals surface area contributed by atoms with E-state index < -0.39 is 22.0 Å². The summed E-state index contributed by atoms with van der Waals surface area (Å²) in [7, 11) is -3.51. The van der Waals surface area contributed by atoms with Crippen molar-refractivity contribution in [3.05, 3.63) is 53.6 Å². The number of amides is 1. The van der Waals surface area contributed by atoms with E-state index in [1.54, 1.807) is 36.4 Å². The average molecular weight is 465 g/mol. The Morgan fingerprint density at radius 1 is 1.20 bits per heavy atom. The van der Waals surface area contributed by atoms with Crippen LogP contribution in [0.25, 0.3) is 10.6 Å². The Morgan fingerprint density at radius 2 is 1.93 bits per heavy atom. The summed E-state index contributed by atoms with van der Waals surface area (Å²) in [5.41, 5.74) is 1.25. The van der Waals surface area contributed by atoms with Gasteiger partial charge in [-0.25, -0.2) is 8.42 Å². The molecule has 0 saturated heterocycles. The van der Waals surface area contributed by atoms with Crippen LogP contribution in [0.4, 0.5) is 10.8 Å². The van der Waals surface area contributed by atoms with E-state index in [0.717, 1.165) is 11.8 Å². The molecule has 11 heteroatoms. The van der Waals surface area contributed by atoms with Gasteiger partial charge in [0, 0.05) is 23.6 Å². The first-order valence-corrected chi connectivity index (χ1v) is 12.0. The number of fused-ring (bicyclic) bond motifs is 1. The van der Waals surface area contributed by atoms with Gasteiger partial charge in [-0.3, -0.25) is 14.4 Å². The topological polar surface area (TPSA) is 101 Å². The molecule has 0 fully saturated rings. The Labute approximate surface area is 182 Å². The fourth-order valence-corrected chi connectivity index (χ4v) is 4.85. The van der Waals surface area contributed by atoms with Gasteiger partial charge in [-0.1, -0.05) is 47.2 Å². The number of carbonyl (C=O) groups excluding carboxylic acids is 1. The number of hydrogen-bond acceptors (Lipinski definition) is 7. The van der Waals surface area contributed by atoms with E-state index in [-0.39, 0.29) is 13.0 Å². The van der Waals surface area contributed by atoms with E-state index in [9.17, 15) is 13.2 Å². The molecular formula is C19H17ClN4O4S2. The summed E-state index contributed by atoms with van der Waals surface area (Å²) in [6.45, 7) is 0.125. The van der Waals surface area contributed by atoms with E-state index in [4.69, 9.17) is 16.3 Å². The van der Waals surface area contributed by atoms with Crippen molar-refractivity contribution in [2.24, 2.45) is 0 Å². The van der Waals surface area contributed by atoms with Crippen molar-refractivity contribution in [1.82, 2.24) is 10.2 Å². The van der Waals surface area contributed by atoms with Crippen LogP contribution in [0.2, 0.25) is 5.02 Å². The zero-order chi connectivity index (χ0) is 21.3. The summed E-state index contributed by atoms with van der Waals surface area (Å²) in [4.78, 5) is 12.8. The van der Waals surface area contributed by atoms with Crippen molar-refractivity contribution in [1.29, 1.82) is 0 Å². The number of ether oxygens (including phenoxy) is 1. The molecule has 1 aromatic heterocycles. The van der Waals surface area contributed by atoms with E-state index in [1.807, 2.05) is 12.1 Å². The summed E-state index contributed by atoms with van der Waals surface area (Å²) in [5.74, 6) is -0.0846. The van der Waals surface area contributed by atoms with Gasteiger partial charge in [0.1, 0.15) is 10.8 Å². The molecule has 4 rings (SSSR count). The van der Waals surface area contributed by atoms with Crippen LogP contribution < -0.4 is 14.4 Å². The average Bonchev–Trinajstić information content (AvgIpc) is 3.06. The number of aromatic nitrogens is 2. The maximum atomic E-state index is 12.8. The van der Waals surface area contributed by atoms with Gasteiger partial charge in [0.05, 0.1) is 11.9 Å². The highest BCUT2D eigenvalue weighted by Gasteiger charge is 2.31. The predicted molar refractivity (Wildman–Crippen MR) is 117 cm³/mol. The number of para-hydroxylation sites is 2. The van der Waals surface area contributed by atoms with E-state index in [2.05, 4.69) is 15.5 Å². The van der Waals surface area contributed by atoms with E-state index in [0.29, 0.717) is 26.6 Å². The highest BCUT2D eigenvalue weighted by Crippen LogP contribution is 2.34. The fraction of sp³-hybridized carbons (Fsp3) is 0.211. The van der Waals surface area contributed by atoms with E-state index in [1.165, 1.54) is 15.6 Å². The number of anilines is 2. The maximum Gasteiger partial charge on any atom is 0.267 e. The molecule has 0 aliphatic carbocycles. The normalized spacial score (nSPS) is 16.3. The standard InChI is InChI=1S/C19H17ClN4O4S2/c1-30(26,27)24-11-10-16(28-15-5-3-2-4-14(15)24)17(25)21-19-23-22-18(29-19)12-6-8-13(20)9-7-12/h2-9,16H,10-11H2,1H3,(H,21,23,25)/t16-/m1/s1. The van der Waals surface area contributed by atoms with Crippen LogP contribution >= 0.6 is 22.9 Å². The molecule has 0 radical (unpaired) electrons. The van der Waals surface area contributed by atoms with Gasteiger partial charge >= 0.3 is 0 Å². The van der Waals surface area contributed by atoms with Crippen LogP contribution in [0.5, 0.6) is 5.75 Å². The Hall–Kier alpha value is -2.69. The third kappa shape index (κ3) is 4.40. The second-order valence-corrected chi connectivity index (χ2v) is 9.93. The molecule has 0 spiro atoms. The zero-order valence-electron chi connectivity index (χ0n) is 15.8. The quantitative estimate of drug-likeness (QED) is 0.634. The molecule has 0 saturated carbocycles. The molecule has 1 aliphatic rings. The van der Waals surface area contributed by atoms with Gasteiger partial charge < -0.3 is 4.74 Å². The second kappa shape index (κ2) is 8.21. The minimum Gasteiger partial charge on any atom is -0.478 e. The molecule has 2 heterocycles. The van der Waals surface area contributed by atoms with Crippen molar-refractivity contribution in [2.45, 2.75) is 12.5 Å². The Balaban J connectivity index is 1.51. The van der Waals surface area contributed by atoms with Crippen LogP contribution in [0.1, 0.15) is 6.42 Å². The molecule has 0 unspecified atom stereocenters. The number of rotatable bonds is 4. The highest BCUT2D eigenvalue weighted by molar-refractivity contribution is 7.92. The molecule has 0 bridgehead atoms. The number of carbonyl (C=O) groups is 1. The minimum absolute atomic E-state index is 0.125. The molecule has 1 amide bonds. The summed E-state index contributed by atoms with van der Waals surface area (Å²) < 4.78 is 31.4. The third-order valence-electron chi connectivity index (χ3n) is 4.44. The van der Waals surface area contributed by atoms with Gasteiger partial charge in [0.2, 0.25) is 15.2 Å². The zero-order valence-corrected chi connectivity index (χ0v) is 18.2. The molecule has 3 aromatic rings. The fourth-order valence-electron chi connectivity index (χ4n) is 3.03. The lowest BCUT2D eigenvalue weighted by Crippen LogP contribution is -2.35. The van der Waals surface area contributed by atoms with Gasteiger partial charge in [0.15, 0.2) is 6.10 Å². The Kier molecular flexibility index (Phi) is 5.63. The molecular weight excluding hydrogens is 448 g/mol. The van der Waals surface area contributed by atoms with Crippen molar-refractivity contribution < 1.29 is 17.9 Å². The number of nitrogens with one attached hydrogen (secondary N) is 1. The van der Waals surface area contributed by atoms with Crippen LogP contribution in [-0.2, 0) is 14.8 Å². The minimum atomic E-state index is -3.51. The van der Waals surface area contributed by atoms with Crippen molar-refractivity contribution in [2.75, 3.05) is 22.4 Å². The van der Waals surface area contributed by atoms with E-state index >= 15 is 0 Å². The van der Waals surface area contributed by atoms with Gasteiger partial charge in [0.25, 0.3) is 5.91 Å². The molecule has 1 N–H and O–H groups in total. The molecule has 2 aromatic carbocycles. The lowest BCUT2D eigenvalue weighted by Gasteiger charge is -2.20. The predicted octanol–water partition coefficient (Wildman–Crippen LogP) is 3.41. The smallest absolute Gasteiger partial charge is 0.267 e. The number of sulfonamides is 1. The molecule has 30 heavy (non-hydrogen) atoms. The molecule has 156 valence electrons. The molecule has 1 atom stereocenters. The van der Waals surface area contributed by atoms with Crippen molar-refractivity contribution in [3.63, 3.8) is 0 Å². The number of halogens is 1. The first-order chi connectivity index (χ1) is 14.3. The van der Waals surface area contributed by atoms with Gasteiger partial charge in [-0.2, -0.15) is 0 Å². The summed E-state index contributed by atoms with van der Waals surface area (Å²) in [5, 5.41) is 12.4. The summed E-state index contributed by atoms with van der Waals surface area (Å²) >= 11 is 7.12. The van der Waals surface area contributed by atoms with Gasteiger partial charge in [-0.15, -0.1) is 10.2 Å². The number of nitrogens with zero attached hydrogens (tertiary/aromatic N) is 3. The van der Waals surface area contributed by atoms with Crippen molar-refractivity contribution >= 4 is 49.7 Å². The molecule has 8 nitrogen and oxygen atoms in total. The Morgan fingerprint density at radius 3 is 2.67 bits per heavy atom. The Bertz CT molecular complexity index is 1180. The second-order valence-electron chi connectivity index (χ2n) is 6.61. The third-order valence-corrected chi connectivity index (χ3v) is 6.76. The van der Waals surface area contributed by atoms with Gasteiger partial charge in [-0.05, 0) is 24.3 Å². The van der Waals surface area contributed by atoms with Crippen LogP contribution in [0.3, 0.4) is 0 Å². The molecule has 1 aliphatic heterocycles. The summed E-state index contributed by atoms with van der Waals surface area (Å²) in [6, 6.07) is 13.9.